The molecule has 0 saturated carbocycles. The fourth-order valence-electron chi connectivity index (χ4n) is 4.58. The minimum atomic E-state index is -3.01. The number of rotatable bonds is 8. The molecule has 1 atom stereocenters. The molecule has 1 aliphatic rings. The molecule has 1 aliphatic heterocycles. The number of hydrogen-bond donors (Lipinski definition) is 1. The second kappa shape index (κ2) is 14.1. The number of hydrogen-bond acceptors (Lipinski definition) is 7. The lowest BCUT2D eigenvalue weighted by Gasteiger charge is -2.26. The van der Waals surface area contributed by atoms with Crippen molar-refractivity contribution in [1.82, 2.24) is 9.88 Å². The maximum absolute atomic E-state index is 14.1. The van der Waals surface area contributed by atoms with Gasteiger partial charge in [-0.15, -0.1) is 0 Å². The van der Waals surface area contributed by atoms with Gasteiger partial charge in [0.15, 0.2) is 5.76 Å². The van der Waals surface area contributed by atoms with E-state index in [1.807, 2.05) is 12.1 Å². The van der Waals surface area contributed by atoms with E-state index < -0.39 is 15.6 Å². The molecule has 1 fully saturated rings. The van der Waals surface area contributed by atoms with Crippen molar-refractivity contribution in [3.63, 3.8) is 0 Å². The highest BCUT2D eigenvalue weighted by Gasteiger charge is 2.18. The Kier molecular flexibility index (Phi) is 9.79. The lowest BCUT2D eigenvalue weighted by Crippen LogP contribution is -2.37. The minimum absolute atomic E-state index is 0.207. The van der Waals surface area contributed by atoms with Gasteiger partial charge in [-0.05, 0) is 62.4 Å². The average Bonchev–Trinajstić information content (AvgIpc) is 3.47. The third-order valence-corrected chi connectivity index (χ3v) is 9.18. The van der Waals surface area contributed by atoms with Crippen LogP contribution in [-0.2, 0) is 14.5 Å². The normalized spacial score (nSPS) is 14.6. The van der Waals surface area contributed by atoms with E-state index >= 15 is 0 Å². The van der Waals surface area contributed by atoms with Crippen molar-refractivity contribution in [2.75, 3.05) is 43.9 Å². The molecule has 5 rings (SSSR count). The number of carbonyl (C=O) groups excluding carboxylic acids is 2. The highest BCUT2D eigenvalue weighted by molar-refractivity contribution is 7.94. The number of aryl methyl sites for hydroxylation is 1. The first-order valence-electron chi connectivity index (χ1n) is 14.0. The second-order valence-electron chi connectivity index (χ2n) is 10.0. The highest BCUT2D eigenvalue weighted by Crippen LogP contribution is 2.18. The van der Waals surface area contributed by atoms with E-state index in [4.69, 9.17) is 9.15 Å². The molecule has 0 bridgehead atoms. The first kappa shape index (κ1) is 29.9. The molecule has 0 unspecified atom stereocenters. The Morgan fingerprint density at radius 2 is 1.79 bits per heavy atom. The molecule has 9 nitrogen and oxygen atoms in total. The summed E-state index contributed by atoms with van der Waals surface area (Å²) in [7, 11) is -3.01. The number of furan rings is 1. The van der Waals surface area contributed by atoms with Gasteiger partial charge in [-0.1, -0.05) is 36.1 Å². The second-order valence-corrected chi connectivity index (χ2v) is 12.4. The molecular weight excluding hydrogens is 564 g/mol. The summed E-state index contributed by atoms with van der Waals surface area (Å²) < 4.78 is 29.0. The van der Waals surface area contributed by atoms with Crippen molar-refractivity contribution in [3.05, 3.63) is 113 Å². The first-order valence-corrected chi connectivity index (χ1v) is 15.6. The molecule has 0 aliphatic carbocycles. The Hall–Kier alpha value is -4.56. The van der Waals surface area contributed by atoms with Crippen LogP contribution in [0.15, 0.2) is 99.1 Å². The van der Waals surface area contributed by atoms with Gasteiger partial charge in [0.05, 0.1) is 34.8 Å². The summed E-state index contributed by atoms with van der Waals surface area (Å²) in [6.45, 7) is 5.62. The maximum atomic E-state index is 14.1. The molecule has 4 aromatic rings. The zero-order valence-electron chi connectivity index (χ0n) is 23.8. The van der Waals surface area contributed by atoms with E-state index in [0.29, 0.717) is 41.3 Å². The van der Waals surface area contributed by atoms with Crippen molar-refractivity contribution in [2.24, 2.45) is 4.36 Å². The quantitative estimate of drug-likeness (QED) is 0.284. The van der Waals surface area contributed by atoms with Gasteiger partial charge < -0.3 is 14.5 Å². The molecule has 220 valence electrons. The predicted octanol–water partition coefficient (Wildman–Crippen LogP) is 5.02. The van der Waals surface area contributed by atoms with Crippen LogP contribution < -0.4 is 5.32 Å². The van der Waals surface area contributed by atoms with Crippen LogP contribution in [-0.4, -0.2) is 64.5 Å². The van der Waals surface area contributed by atoms with Crippen molar-refractivity contribution < 1.29 is 23.0 Å². The van der Waals surface area contributed by atoms with Crippen LogP contribution in [0.2, 0.25) is 0 Å². The molecule has 43 heavy (non-hydrogen) atoms. The molecular formula is C33H32N4O5S. The van der Waals surface area contributed by atoms with Crippen LogP contribution in [0.25, 0.3) is 0 Å². The predicted molar refractivity (Wildman–Crippen MR) is 164 cm³/mol. The lowest BCUT2D eigenvalue weighted by molar-refractivity contribution is 0.0381. The number of nitrogens with zero attached hydrogens (tertiary/aromatic N) is 3. The van der Waals surface area contributed by atoms with E-state index in [9.17, 15) is 13.8 Å². The fourth-order valence-corrected chi connectivity index (χ4v) is 6.49. The van der Waals surface area contributed by atoms with Gasteiger partial charge in [0, 0.05) is 58.5 Å². The third-order valence-electron chi connectivity index (χ3n) is 6.87. The summed E-state index contributed by atoms with van der Waals surface area (Å²) in [5.74, 6) is 5.62. The maximum Gasteiger partial charge on any atom is 0.291 e. The summed E-state index contributed by atoms with van der Waals surface area (Å²) in [6.07, 6.45) is 5.06. The minimum Gasteiger partial charge on any atom is -0.459 e. The topological polar surface area (TPSA) is 114 Å². The van der Waals surface area contributed by atoms with Gasteiger partial charge >= 0.3 is 0 Å². The monoisotopic (exact) mass is 596 g/mol. The zero-order valence-corrected chi connectivity index (χ0v) is 24.6. The molecule has 2 aromatic carbocycles. The summed E-state index contributed by atoms with van der Waals surface area (Å²) in [5.41, 5.74) is 2.67. The molecule has 2 amide bonds. The van der Waals surface area contributed by atoms with Gasteiger partial charge in [0.2, 0.25) is 0 Å². The lowest BCUT2D eigenvalue weighted by atomic mass is 10.1. The van der Waals surface area contributed by atoms with Gasteiger partial charge in [-0.25, -0.2) is 4.21 Å². The summed E-state index contributed by atoms with van der Waals surface area (Å²) >= 11 is 0. The molecule has 10 heteroatoms. The number of ether oxygens (including phenoxy) is 1. The summed E-state index contributed by atoms with van der Waals surface area (Å²) in [4.78, 5) is 32.8. The number of carbonyl (C=O) groups is 2. The molecule has 2 aromatic heterocycles. The number of anilines is 1. The Morgan fingerprint density at radius 1 is 1.00 bits per heavy atom. The van der Waals surface area contributed by atoms with Crippen LogP contribution in [0.3, 0.4) is 0 Å². The van der Waals surface area contributed by atoms with Gasteiger partial charge in [-0.3, -0.25) is 19.5 Å². The van der Waals surface area contributed by atoms with Crippen LogP contribution in [0.4, 0.5) is 5.69 Å². The molecule has 1 saturated heterocycles. The van der Waals surface area contributed by atoms with E-state index in [2.05, 4.69) is 31.4 Å². The van der Waals surface area contributed by atoms with E-state index in [1.54, 1.807) is 67.7 Å². The number of amides is 2. The summed E-state index contributed by atoms with van der Waals surface area (Å²) in [6, 6.07) is 19.4. The van der Waals surface area contributed by atoms with Gasteiger partial charge in [0.1, 0.15) is 0 Å². The van der Waals surface area contributed by atoms with Crippen LogP contribution >= 0.6 is 0 Å². The van der Waals surface area contributed by atoms with Crippen LogP contribution in [0.1, 0.15) is 44.0 Å². The molecule has 3 heterocycles. The smallest absolute Gasteiger partial charge is 0.291 e. The van der Waals surface area contributed by atoms with Gasteiger partial charge in [0.25, 0.3) is 11.8 Å². The molecule has 0 spiro atoms. The summed E-state index contributed by atoms with van der Waals surface area (Å²) in [5, 5.41) is 2.81. The number of pyridine rings is 1. The van der Waals surface area contributed by atoms with Crippen molar-refractivity contribution in [3.8, 4) is 11.8 Å². The van der Waals surface area contributed by atoms with Crippen molar-refractivity contribution >= 4 is 27.2 Å². The first-order chi connectivity index (χ1) is 20.9. The Morgan fingerprint density at radius 3 is 2.56 bits per heavy atom. The van der Waals surface area contributed by atoms with Crippen LogP contribution in [0, 0.1) is 18.8 Å². The molecule has 1 N–H and O–H groups in total. The van der Waals surface area contributed by atoms with E-state index in [0.717, 1.165) is 25.2 Å². The number of nitrogens with one attached hydrogen (secondary N) is 1. The third kappa shape index (κ3) is 8.05. The van der Waals surface area contributed by atoms with E-state index in [1.165, 1.54) is 12.5 Å². The average molecular weight is 597 g/mol. The fraction of sp³-hybridized carbons (Fsp3) is 0.242. The largest absolute Gasteiger partial charge is 0.459 e. The Balaban J connectivity index is 1.32. The SMILES string of the molecule is Cc1ccoc1C(=O)Nc1cccc(C#Cc2cncc(C(=O)N=[S@](=O)(CCCN3CCOCC3)c3ccccc3)c2)c1. The van der Waals surface area contributed by atoms with E-state index in [-0.39, 0.29) is 23.0 Å². The van der Waals surface area contributed by atoms with Crippen molar-refractivity contribution in [2.45, 2.75) is 18.2 Å². The standard InChI is InChI=1S/C33H32N4O5S/c1-25-13-17-42-31(25)33(39)35-29-8-5-7-26(22-29)11-12-27-21-28(24-34-23-27)32(38)36-43(40,30-9-3-2-4-10-30)20-6-14-37-15-18-41-19-16-37/h2-5,7-10,13,17,21-24H,6,14-16,18-20H2,1H3,(H,35,39)/t43-/m0/s1. The van der Waals surface area contributed by atoms with Gasteiger partial charge in [-0.2, -0.15) is 4.36 Å². The highest BCUT2D eigenvalue weighted by atomic mass is 32.2. The number of aromatic nitrogens is 1. The zero-order chi connectivity index (χ0) is 30.1. The number of benzene rings is 2. The number of morpholine rings is 1. The molecule has 0 radical (unpaired) electrons. The Bertz CT molecular complexity index is 1780. The van der Waals surface area contributed by atoms with Crippen molar-refractivity contribution in [1.29, 1.82) is 0 Å². The Labute approximate surface area is 251 Å². The van der Waals surface area contributed by atoms with Crippen LogP contribution in [0.5, 0.6) is 0 Å².